The molecule has 1 unspecified atom stereocenters. The van der Waals surface area contributed by atoms with Crippen molar-refractivity contribution >= 4 is 23.2 Å². The van der Waals surface area contributed by atoms with Crippen LogP contribution in [0.1, 0.15) is 29.0 Å². The third kappa shape index (κ3) is 3.60. The summed E-state index contributed by atoms with van der Waals surface area (Å²) in [4.78, 5) is 17.9. The van der Waals surface area contributed by atoms with Crippen LogP contribution in [-0.2, 0) is 0 Å². The van der Waals surface area contributed by atoms with Crippen LogP contribution in [0, 0.1) is 25.3 Å². The zero-order valence-electron chi connectivity index (χ0n) is 14.9. The van der Waals surface area contributed by atoms with Crippen LogP contribution in [0.25, 0.3) is 4.85 Å². The van der Waals surface area contributed by atoms with E-state index in [9.17, 15) is 4.79 Å². The minimum atomic E-state index is -0.0455. The van der Waals surface area contributed by atoms with E-state index in [4.69, 9.17) is 22.9 Å². The number of hydrogen-bond donors (Lipinski definition) is 0. The Kier molecular flexibility index (Phi) is 4.71. The standard InChI is InChI=1S/C20H19ClN4O2/c1-12-3-5-19(24-23-12)20(26)25-10-13-7-16(8-14(13)11-25)27-15-4-6-18(22-2)17(21)9-15/h3-6,9,13-14,16H,7-8,10-11H2,1H3/t13-,14+,16?. The summed E-state index contributed by atoms with van der Waals surface area (Å²) in [6, 6.07) is 8.73. The summed E-state index contributed by atoms with van der Waals surface area (Å²) in [5.41, 5.74) is 1.64. The average Bonchev–Trinajstić information content (AvgIpc) is 3.20. The molecule has 1 amide bonds. The predicted octanol–water partition coefficient (Wildman–Crippen LogP) is 3.92. The van der Waals surface area contributed by atoms with Crippen LogP contribution in [-0.4, -0.2) is 40.2 Å². The van der Waals surface area contributed by atoms with Crippen LogP contribution < -0.4 is 4.74 Å². The molecule has 138 valence electrons. The van der Waals surface area contributed by atoms with Crippen LogP contribution in [0.15, 0.2) is 30.3 Å². The average molecular weight is 383 g/mol. The van der Waals surface area contributed by atoms with Crippen LogP contribution >= 0.6 is 11.6 Å². The highest BCUT2D eigenvalue weighted by molar-refractivity contribution is 6.33. The number of rotatable bonds is 3. The Hall–Kier alpha value is -2.65. The number of carbonyl (C=O) groups excluding carboxylic acids is 1. The van der Waals surface area contributed by atoms with Gasteiger partial charge in [-0.1, -0.05) is 17.7 Å². The molecule has 1 aliphatic carbocycles. The lowest BCUT2D eigenvalue weighted by atomic mass is 10.0. The molecule has 1 aromatic carbocycles. The van der Waals surface area contributed by atoms with Gasteiger partial charge in [-0.05, 0) is 55.9 Å². The van der Waals surface area contributed by atoms with Crippen LogP contribution in [0.3, 0.4) is 0 Å². The summed E-state index contributed by atoms with van der Waals surface area (Å²) in [6.45, 7) is 10.4. The summed E-state index contributed by atoms with van der Waals surface area (Å²) in [5.74, 6) is 1.53. The highest BCUT2D eigenvalue weighted by Gasteiger charge is 2.43. The van der Waals surface area contributed by atoms with Gasteiger partial charge in [-0.25, -0.2) is 4.85 Å². The fourth-order valence-corrected chi connectivity index (χ4v) is 4.24. The first-order valence-corrected chi connectivity index (χ1v) is 9.34. The number of fused-ring (bicyclic) bond motifs is 1. The van der Waals surface area contributed by atoms with Crippen molar-refractivity contribution < 1.29 is 9.53 Å². The van der Waals surface area contributed by atoms with Crippen molar-refractivity contribution in [2.24, 2.45) is 11.8 Å². The second-order valence-electron chi connectivity index (χ2n) is 7.23. The molecule has 2 heterocycles. The predicted molar refractivity (Wildman–Crippen MR) is 101 cm³/mol. The van der Waals surface area contributed by atoms with Gasteiger partial charge >= 0.3 is 0 Å². The summed E-state index contributed by atoms with van der Waals surface area (Å²) in [5, 5.41) is 8.40. The molecule has 1 aromatic heterocycles. The molecule has 3 atom stereocenters. The van der Waals surface area contributed by atoms with Gasteiger partial charge in [0.05, 0.1) is 23.4 Å². The number of amides is 1. The van der Waals surface area contributed by atoms with E-state index in [-0.39, 0.29) is 12.0 Å². The van der Waals surface area contributed by atoms with Gasteiger partial charge in [0.2, 0.25) is 5.69 Å². The van der Waals surface area contributed by atoms with Gasteiger partial charge in [-0.3, -0.25) is 4.79 Å². The minimum absolute atomic E-state index is 0.0455. The molecule has 1 saturated heterocycles. The second-order valence-corrected chi connectivity index (χ2v) is 7.63. The van der Waals surface area contributed by atoms with Crippen molar-refractivity contribution in [1.82, 2.24) is 15.1 Å². The molecule has 2 fully saturated rings. The number of aromatic nitrogens is 2. The van der Waals surface area contributed by atoms with E-state index in [0.717, 1.165) is 31.6 Å². The van der Waals surface area contributed by atoms with E-state index in [1.54, 1.807) is 24.3 Å². The highest BCUT2D eigenvalue weighted by atomic mass is 35.5. The molecular weight excluding hydrogens is 364 g/mol. The van der Waals surface area contributed by atoms with E-state index in [2.05, 4.69) is 15.0 Å². The van der Waals surface area contributed by atoms with Gasteiger partial charge in [-0.2, -0.15) is 5.10 Å². The van der Waals surface area contributed by atoms with Crippen LogP contribution in [0.4, 0.5) is 5.69 Å². The summed E-state index contributed by atoms with van der Waals surface area (Å²) in [6.07, 6.45) is 1.94. The molecule has 0 spiro atoms. The Bertz CT molecular complexity index is 895. The SMILES string of the molecule is [C-]#[N+]c1ccc(OC2C[C@@H]3CN(C(=O)c4ccc(C)nn4)C[C@@H]3C2)cc1Cl. The van der Waals surface area contributed by atoms with E-state index < -0.39 is 0 Å². The lowest BCUT2D eigenvalue weighted by molar-refractivity contribution is 0.0762. The minimum Gasteiger partial charge on any atom is -0.490 e. The van der Waals surface area contributed by atoms with Gasteiger partial charge in [0.1, 0.15) is 5.75 Å². The molecular formula is C20H19ClN4O2. The zero-order chi connectivity index (χ0) is 19.0. The number of benzene rings is 1. The molecule has 1 saturated carbocycles. The van der Waals surface area contributed by atoms with Crippen molar-refractivity contribution in [2.75, 3.05) is 13.1 Å². The Balaban J connectivity index is 1.35. The first-order valence-electron chi connectivity index (χ1n) is 8.96. The fourth-order valence-electron chi connectivity index (χ4n) is 4.03. The number of nitrogens with zero attached hydrogens (tertiary/aromatic N) is 4. The molecule has 4 rings (SSSR count). The van der Waals surface area contributed by atoms with Gasteiger partial charge in [0, 0.05) is 13.1 Å². The monoisotopic (exact) mass is 382 g/mol. The van der Waals surface area contributed by atoms with Gasteiger partial charge in [-0.15, -0.1) is 5.10 Å². The maximum atomic E-state index is 12.6. The van der Waals surface area contributed by atoms with Crippen molar-refractivity contribution in [2.45, 2.75) is 25.9 Å². The highest BCUT2D eigenvalue weighted by Crippen LogP contribution is 2.40. The quantitative estimate of drug-likeness (QED) is 0.755. The number of carbonyl (C=O) groups is 1. The van der Waals surface area contributed by atoms with Gasteiger partial charge in [0.15, 0.2) is 5.69 Å². The maximum Gasteiger partial charge on any atom is 0.274 e. The van der Waals surface area contributed by atoms with Crippen molar-refractivity contribution in [3.8, 4) is 5.75 Å². The van der Waals surface area contributed by atoms with Crippen molar-refractivity contribution in [3.05, 3.63) is 58.2 Å². The van der Waals surface area contributed by atoms with Crippen molar-refractivity contribution in [1.29, 1.82) is 0 Å². The maximum absolute atomic E-state index is 12.6. The Morgan fingerprint density at radius 1 is 1.22 bits per heavy atom. The van der Waals surface area contributed by atoms with E-state index in [1.807, 2.05) is 17.9 Å². The summed E-state index contributed by atoms with van der Waals surface area (Å²) >= 11 is 6.08. The topological polar surface area (TPSA) is 59.7 Å². The number of hydrogen-bond acceptors (Lipinski definition) is 4. The lowest BCUT2D eigenvalue weighted by Gasteiger charge is -2.20. The zero-order valence-corrected chi connectivity index (χ0v) is 15.7. The molecule has 7 heteroatoms. The smallest absolute Gasteiger partial charge is 0.274 e. The molecule has 0 bridgehead atoms. The molecule has 0 N–H and O–H groups in total. The first kappa shape index (κ1) is 17.7. The fraction of sp³-hybridized carbons (Fsp3) is 0.400. The number of likely N-dealkylation sites (tertiary alicyclic amines) is 1. The number of ether oxygens (including phenoxy) is 1. The largest absolute Gasteiger partial charge is 0.490 e. The van der Waals surface area contributed by atoms with Crippen LogP contribution in [0.2, 0.25) is 5.02 Å². The summed E-state index contributed by atoms with van der Waals surface area (Å²) in [7, 11) is 0. The Morgan fingerprint density at radius 3 is 2.56 bits per heavy atom. The van der Waals surface area contributed by atoms with Crippen LogP contribution in [0.5, 0.6) is 5.75 Å². The first-order chi connectivity index (χ1) is 13.0. The van der Waals surface area contributed by atoms with Gasteiger partial charge < -0.3 is 9.64 Å². The Morgan fingerprint density at radius 2 is 1.96 bits per heavy atom. The molecule has 2 aliphatic rings. The lowest BCUT2D eigenvalue weighted by Crippen LogP contribution is -2.31. The summed E-state index contributed by atoms with van der Waals surface area (Å²) < 4.78 is 6.07. The van der Waals surface area contributed by atoms with E-state index in [0.29, 0.717) is 34.0 Å². The molecule has 0 radical (unpaired) electrons. The number of halogens is 1. The van der Waals surface area contributed by atoms with Crippen molar-refractivity contribution in [3.63, 3.8) is 0 Å². The molecule has 2 aromatic rings. The van der Waals surface area contributed by atoms with Gasteiger partial charge in [0.25, 0.3) is 5.91 Å². The molecule has 27 heavy (non-hydrogen) atoms. The molecule has 6 nitrogen and oxygen atoms in total. The second kappa shape index (κ2) is 7.16. The van der Waals surface area contributed by atoms with E-state index >= 15 is 0 Å². The third-order valence-electron chi connectivity index (χ3n) is 5.35. The third-order valence-corrected chi connectivity index (χ3v) is 5.66. The Labute approximate surface area is 162 Å². The normalized spacial score (nSPS) is 23.7. The number of aryl methyl sites for hydroxylation is 1. The molecule has 1 aliphatic heterocycles. The van der Waals surface area contributed by atoms with E-state index in [1.165, 1.54) is 0 Å².